The Morgan fingerprint density at radius 3 is 2.86 bits per heavy atom. The summed E-state index contributed by atoms with van der Waals surface area (Å²) >= 11 is 0. The highest BCUT2D eigenvalue weighted by Crippen LogP contribution is 2.33. The first kappa shape index (κ1) is 8.55. The molecule has 14 heavy (non-hydrogen) atoms. The largest absolute Gasteiger partial charge is 0.454 e. The lowest BCUT2D eigenvalue weighted by Gasteiger charge is -1.91. The van der Waals surface area contributed by atoms with Gasteiger partial charge in [0.05, 0.1) is 4.92 Å². The quantitative estimate of drug-likeness (QED) is 0.426. The van der Waals surface area contributed by atoms with E-state index in [2.05, 4.69) is 0 Å². The standard InChI is InChI=1S/C9H8N2O3/c1-5-9(11(12)13)7-4-6(10)2-3-8(7)14-5/h2-4H,10H2,1H3. The molecule has 0 bridgehead atoms. The summed E-state index contributed by atoms with van der Waals surface area (Å²) in [6.45, 7) is 1.56. The molecular weight excluding hydrogens is 184 g/mol. The van der Waals surface area contributed by atoms with Gasteiger partial charge in [-0.25, -0.2) is 0 Å². The van der Waals surface area contributed by atoms with Crippen LogP contribution in [-0.4, -0.2) is 4.92 Å². The van der Waals surface area contributed by atoms with E-state index in [-0.39, 0.29) is 5.69 Å². The Bertz CT molecular complexity index is 516. The molecule has 0 radical (unpaired) electrons. The Kier molecular flexibility index (Phi) is 1.67. The summed E-state index contributed by atoms with van der Waals surface area (Å²) in [6.07, 6.45) is 0. The smallest absolute Gasteiger partial charge is 0.317 e. The molecule has 0 atom stereocenters. The van der Waals surface area contributed by atoms with E-state index in [4.69, 9.17) is 10.2 Å². The summed E-state index contributed by atoms with van der Waals surface area (Å²) in [5.74, 6) is 0.301. The number of hydrogen-bond donors (Lipinski definition) is 1. The van der Waals surface area contributed by atoms with Gasteiger partial charge in [0, 0.05) is 12.6 Å². The van der Waals surface area contributed by atoms with Crippen molar-refractivity contribution in [3.63, 3.8) is 0 Å². The molecule has 0 aliphatic rings. The van der Waals surface area contributed by atoms with Crippen LogP contribution in [0.5, 0.6) is 0 Å². The number of aryl methyl sites for hydroxylation is 1. The van der Waals surface area contributed by atoms with Crippen molar-refractivity contribution < 1.29 is 9.34 Å². The van der Waals surface area contributed by atoms with E-state index >= 15 is 0 Å². The Hall–Kier alpha value is -2.04. The fraction of sp³-hybridized carbons (Fsp3) is 0.111. The highest BCUT2D eigenvalue weighted by atomic mass is 16.6. The number of nitro groups is 1. The molecule has 72 valence electrons. The third kappa shape index (κ3) is 1.10. The zero-order valence-corrected chi connectivity index (χ0v) is 7.48. The van der Waals surface area contributed by atoms with E-state index < -0.39 is 4.92 Å². The molecule has 0 aliphatic carbocycles. The van der Waals surface area contributed by atoms with Gasteiger partial charge in [0.2, 0.25) is 0 Å². The lowest BCUT2D eigenvalue weighted by atomic mass is 10.2. The van der Waals surface area contributed by atoms with Crippen LogP contribution in [0.4, 0.5) is 11.4 Å². The highest BCUT2D eigenvalue weighted by molar-refractivity contribution is 5.90. The third-order valence-electron chi connectivity index (χ3n) is 2.04. The molecule has 1 aromatic heterocycles. The van der Waals surface area contributed by atoms with Crippen molar-refractivity contribution in [3.05, 3.63) is 34.1 Å². The van der Waals surface area contributed by atoms with Gasteiger partial charge in [-0.15, -0.1) is 0 Å². The number of anilines is 1. The summed E-state index contributed by atoms with van der Waals surface area (Å²) in [5.41, 5.74) is 6.51. The van der Waals surface area contributed by atoms with Gasteiger partial charge in [0.1, 0.15) is 11.0 Å². The molecule has 1 heterocycles. The monoisotopic (exact) mass is 192 g/mol. The minimum absolute atomic E-state index is 0.00713. The van der Waals surface area contributed by atoms with Gasteiger partial charge in [0.25, 0.3) is 0 Å². The topological polar surface area (TPSA) is 82.3 Å². The molecule has 5 heteroatoms. The van der Waals surface area contributed by atoms with E-state index in [1.807, 2.05) is 0 Å². The second kappa shape index (κ2) is 2.73. The van der Waals surface area contributed by atoms with Crippen molar-refractivity contribution in [3.8, 4) is 0 Å². The maximum absolute atomic E-state index is 10.7. The molecule has 0 aliphatic heterocycles. The summed E-state index contributed by atoms with van der Waals surface area (Å²) in [4.78, 5) is 10.3. The van der Waals surface area contributed by atoms with Crippen LogP contribution in [-0.2, 0) is 0 Å². The summed E-state index contributed by atoms with van der Waals surface area (Å²) in [5, 5.41) is 11.2. The van der Waals surface area contributed by atoms with Crippen LogP contribution in [0.15, 0.2) is 22.6 Å². The van der Waals surface area contributed by atoms with Crippen molar-refractivity contribution in [1.82, 2.24) is 0 Å². The average molecular weight is 192 g/mol. The van der Waals surface area contributed by atoms with Gasteiger partial charge >= 0.3 is 5.69 Å². The second-order valence-electron chi connectivity index (χ2n) is 3.02. The number of fused-ring (bicyclic) bond motifs is 1. The first-order valence-electron chi connectivity index (χ1n) is 4.02. The van der Waals surface area contributed by atoms with Gasteiger partial charge in [-0.05, 0) is 18.2 Å². The van der Waals surface area contributed by atoms with Crippen molar-refractivity contribution in [2.24, 2.45) is 0 Å². The molecule has 0 amide bonds. The van der Waals surface area contributed by atoms with Crippen LogP contribution in [0.1, 0.15) is 5.76 Å². The van der Waals surface area contributed by atoms with Crippen LogP contribution in [0, 0.1) is 17.0 Å². The molecule has 0 fully saturated rings. The SMILES string of the molecule is Cc1oc2ccc(N)cc2c1[N+](=O)[O-]. The second-order valence-corrected chi connectivity index (χ2v) is 3.02. The van der Waals surface area contributed by atoms with E-state index in [1.165, 1.54) is 0 Å². The number of nitrogens with zero attached hydrogens (tertiary/aromatic N) is 1. The average Bonchev–Trinajstić information content (AvgIpc) is 2.40. The first-order valence-corrected chi connectivity index (χ1v) is 4.02. The van der Waals surface area contributed by atoms with Gasteiger partial charge in [0.15, 0.2) is 5.76 Å². The minimum Gasteiger partial charge on any atom is -0.454 e. The first-order chi connectivity index (χ1) is 6.59. The van der Waals surface area contributed by atoms with Crippen molar-refractivity contribution in [2.45, 2.75) is 6.92 Å². The Morgan fingerprint density at radius 1 is 1.50 bits per heavy atom. The fourth-order valence-corrected chi connectivity index (χ4v) is 1.45. The van der Waals surface area contributed by atoms with Crippen LogP contribution in [0.25, 0.3) is 11.0 Å². The molecule has 2 N–H and O–H groups in total. The normalized spacial score (nSPS) is 10.6. The van der Waals surface area contributed by atoms with E-state index in [9.17, 15) is 10.1 Å². The van der Waals surface area contributed by atoms with E-state index in [0.717, 1.165) is 0 Å². The van der Waals surface area contributed by atoms with Crippen molar-refractivity contribution in [2.75, 3.05) is 5.73 Å². The van der Waals surface area contributed by atoms with Gasteiger partial charge in [-0.1, -0.05) is 0 Å². The highest BCUT2D eigenvalue weighted by Gasteiger charge is 2.20. The summed E-state index contributed by atoms with van der Waals surface area (Å²) in [7, 11) is 0. The molecule has 2 aromatic rings. The molecule has 1 aromatic carbocycles. The van der Waals surface area contributed by atoms with Gasteiger partial charge in [-0.2, -0.15) is 0 Å². The summed E-state index contributed by atoms with van der Waals surface area (Å²) < 4.78 is 5.22. The molecule has 5 nitrogen and oxygen atoms in total. The fourth-order valence-electron chi connectivity index (χ4n) is 1.45. The van der Waals surface area contributed by atoms with Crippen molar-refractivity contribution >= 4 is 22.3 Å². The molecule has 0 spiro atoms. The maximum atomic E-state index is 10.7. The zero-order chi connectivity index (χ0) is 10.3. The predicted molar refractivity (Wildman–Crippen MR) is 52.0 cm³/mol. The van der Waals surface area contributed by atoms with E-state index in [1.54, 1.807) is 25.1 Å². The molecule has 0 saturated heterocycles. The molecule has 0 unspecified atom stereocenters. The van der Waals surface area contributed by atoms with Crippen molar-refractivity contribution in [1.29, 1.82) is 0 Å². The maximum Gasteiger partial charge on any atom is 0.317 e. The molecule has 0 saturated carbocycles. The van der Waals surface area contributed by atoms with Crippen LogP contribution < -0.4 is 5.73 Å². The Morgan fingerprint density at radius 2 is 2.21 bits per heavy atom. The third-order valence-corrected chi connectivity index (χ3v) is 2.04. The molecule has 2 rings (SSSR count). The lowest BCUT2D eigenvalue weighted by Crippen LogP contribution is -1.88. The lowest BCUT2D eigenvalue weighted by molar-refractivity contribution is -0.384. The Balaban J connectivity index is 2.86. The zero-order valence-electron chi connectivity index (χ0n) is 7.48. The number of furan rings is 1. The van der Waals surface area contributed by atoms with Gasteiger partial charge in [-0.3, -0.25) is 10.1 Å². The molecular formula is C9H8N2O3. The number of rotatable bonds is 1. The number of benzene rings is 1. The van der Waals surface area contributed by atoms with Crippen LogP contribution in [0.2, 0.25) is 0 Å². The predicted octanol–water partition coefficient (Wildman–Crippen LogP) is 2.23. The van der Waals surface area contributed by atoms with Crippen LogP contribution in [0.3, 0.4) is 0 Å². The minimum atomic E-state index is -0.458. The summed E-state index contributed by atoms with van der Waals surface area (Å²) in [6, 6.07) is 4.82. The van der Waals surface area contributed by atoms with E-state index in [0.29, 0.717) is 22.4 Å². The Labute approximate surface area is 79.3 Å². The van der Waals surface area contributed by atoms with Gasteiger partial charge < -0.3 is 10.2 Å². The number of hydrogen-bond acceptors (Lipinski definition) is 4. The number of nitrogens with two attached hydrogens (primary N) is 1. The number of nitrogen functional groups attached to an aromatic ring is 1. The van der Waals surface area contributed by atoms with Crippen LogP contribution >= 0.6 is 0 Å².